The van der Waals surface area contributed by atoms with Crippen LogP contribution in [0.1, 0.15) is 17.7 Å². The fourth-order valence-electron chi connectivity index (χ4n) is 3.36. The van der Waals surface area contributed by atoms with Crippen LogP contribution >= 0.6 is 0 Å². The minimum Gasteiger partial charge on any atom is -0.310 e. The van der Waals surface area contributed by atoms with E-state index in [1.807, 2.05) is 19.1 Å². The minimum atomic E-state index is -0.682. The van der Waals surface area contributed by atoms with Crippen molar-refractivity contribution in [1.29, 1.82) is 0 Å². The molecule has 0 fully saturated rings. The molecule has 0 spiro atoms. The van der Waals surface area contributed by atoms with E-state index in [2.05, 4.69) is 10.1 Å². The highest BCUT2D eigenvalue weighted by atomic mass is 19.1. The Balaban J connectivity index is 1.69. The van der Waals surface area contributed by atoms with Crippen molar-refractivity contribution in [3.8, 4) is 0 Å². The lowest BCUT2D eigenvalue weighted by Gasteiger charge is -2.29. The summed E-state index contributed by atoms with van der Waals surface area (Å²) in [6, 6.07) is 5.80. The van der Waals surface area contributed by atoms with E-state index in [1.54, 1.807) is 6.20 Å². The predicted octanol–water partition coefficient (Wildman–Crippen LogP) is 3.00. The third kappa shape index (κ3) is 2.65. The number of hydrogen-bond donors (Lipinski definition) is 0. The standard InChI is InChI=1S/C18H16F2N4O/c1-11-13-4-2-6-21-18(13)24(22-11)10-17(25)23-7-3-5-14-15(20)8-12(19)9-16(14)23/h2,4,6,8-9H,3,5,7,10H2,1H3. The highest BCUT2D eigenvalue weighted by Gasteiger charge is 2.26. The predicted molar refractivity (Wildman–Crippen MR) is 89.3 cm³/mol. The van der Waals surface area contributed by atoms with Gasteiger partial charge in [0.25, 0.3) is 0 Å². The first kappa shape index (κ1) is 15.7. The second-order valence-electron chi connectivity index (χ2n) is 6.15. The lowest BCUT2D eigenvalue weighted by atomic mass is 10.0. The minimum absolute atomic E-state index is 0.0288. The fraction of sp³-hybridized carbons (Fsp3) is 0.278. The smallest absolute Gasteiger partial charge is 0.248 e. The van der Waals surface area contributed by atoms with Gasteiger partial charge in [-0.1, -0.05) is 0 Å². The molecular weight excluding hydrogens is 326 g/mol. The second-order valence-corrected chi connectivity index (χ2v) is 6.15. The first-order chi connectivity index (χ1) is 12.0. The quantitative estimate of drug-likeness (QED) is 0.719. The Hall–Kier alpha value is -2.83. The number of aryl methyl sites for hydroxylation is 1. The molecule has 0 saturated carbocycles. The summed E-state index contributed by atoms with van der Waals surface area (Å²) in [5.74, 6) is -1.55. The zero-order chi connectivity index (χ0) is 17.6. The van der Waals surface area contributed by atoms with E-state index in [-0.39, 0.29) is 12.5 Å². The van der Waals surface area contributed by atoms with Gasteiger partial charge in [0, 0.05) is 29.8 Å². The number of anilines is 1. The fourth-order valence-corrected chi connectivity index (χ4v) is 3.36. The Kier molecular flexibility index (Phi) is 3.71. The summed E-state index contributed by atoms with van der Waals surface area (Å²) in [6.45, 7) is 2.26. The SMILES string of the molecule is Cc1nn(CC(=O)N2CCCc3c(F)cc(F)cc32)c2ncccc12. The monoisotopic (exact) mass is 342 g/mol. The van der Waals surface area contributed by atoms with Crippen LogP contribution in [-0.4, -0.2) is 27.2 Å². The molecule has 7 heteroatoms. The van der Waals surface area contributed by atoms with Gasteiger partial charge in [-0.25, -0.2) is 18.4 Å². The van der Waals surface area contributed by atoms with Crippen molar-refractivity contribution < 1.29 is 13.6 Å². The maximum Gasteiger partial charge on any atom is 0.248 e. The van der Waals surface area contributed by atoms with E-state index >= 15 is 0 Å². The van der Waals surface area contributed by atoms with E-state index in [0.717, 1.165) is 17.1 Å². The van der Waals surface area contributed by atoms with Gasteiger partial charge >= 0.3 is 0 Å². The number of amides is 1. The third-order valence-electron chi connectivity index (χ3n) is 4.51. The molecule has 0 aliphatic carbocycles. The average molecular weight is 342 g/mol. The van der Waals surface area contributed by atoms with Gasteiger partial charge < -0.3 is 4.90 Å². The zero-order valence-corrected chi connectivity index (χ0v) is 13.7. The van der Waals surface area contributed by atoms with Gasteiger partial charge in [0.1, 0.15) is 18.2 Å². The normalized spacial score (nSPS) is 14.0. The number of halogens is 2. The van der Waals surface area contributed by atoms with Gasteiger partial charge in [-0.15, -0.1) is 0 Å². The van der Waals surface area contributed by atoms with Crippen LogP contribution in [0.5, 0.6) is 0 Å². The van der Waals surface area contributed by atoms with Crippen molar-refractivity contribution in [2.75, 3.05) is 11.4 Å². The summed E-state index contributed by atoms with van der Waals surface area (Å²) in [5, 5.41) is 5.26. The number of nitrogens with zero attached hydrogens (tertiary/aromatic N) is 4. The molecule has 2 aromatic heterocycles. The molecule has 4 rings (SSSR count). The first-order valence-corrected chi connectivity index (χ1v) is 8.11. The van der Waals surface area contributed by atoms with Gasteiger partial charge in [0.05, 0.1) is 11.4 Å². The molecule has 5 nitrogen and oxygen atoms in total. The maximum absolute atomic E-state index is 14.0. The summed E-state index contributed by atoms with van der Waals surface area (Å²) < 4.78 is 29.2. The van der Waals surface area contributed by atoms with Crippen molar-refractivity contribution in [3.63, 3.8) is 0 Å². The molecular formula is C18H16F2N4O. The molecule has 3 heterocycles. The topological polar surface area (TPSA) is 51.0 Å². The molecule has 0 saturated heterocycles. The highest BCUT2D eigenvalue weighted by Crippen LogP contribution is 2.30. The number of aromatic nitrogens is 3. The van der Waals surface area contributed by atoms with Crippen molar-refractivity contribution in [1.82, 2.24) is 14.8 Å². The molecule has 25 heavy (non-hydrogen) atoms. The molecule has 0 N–H and O–H groups in total. The third-order valence-corrected chi connectivity index (χ3v) is 4.51. The molecule has 0 unspecified atom stereocenters. The van der Waals surface area contributed by atoms with Crippen LogP contribution in [0, 0.1) is 18.6 Å². The van der Waals surface area contributed by atoms with Gasteiger partial charge in [0.15, 0.2) is 5.65 Å². The molecule has 1 aliphatic rings. The molecule has 1 aromatic carbocycles. The number of rotatable bonds is 2. The van der Waals surface area contributed by atoms with Gasteiger partial charge in [-0.05, 0) is 38.0 Å². The number of hydrogen-bond acceptors (Lipinski definition) is 3. The van der Waals surface area contributed by atoms with E-state index in [4.69, 9.17) is 0 Å². The van der Waals surface area contributed by atoms with Crippen molar-refractivity contribution >= 4 is 22.6 Å². The molecule has 0 atom stereocenters. The van der Waals surface area contributed by atoms with Crippen LogP contribution in [-0.2, 0) is 17.8 Å². The Bertz CT molecular complexity index is 983. The van der Waals surface area contributed by atoms with E-state index in [1.165, 1.54) is 15.6 Å². The number of carbonyl (C=O) groups is 1. The molecule has 128 valence electrons. The Morgan fingerprint density at radius 3 is 3.00 bits per heavy atom. The summed E-state index contributed by atoms with van der Waals surface area (Å²) in [4.78, 5) is 18.5. The van der Waals surface area contributed by atoms with Crippen LogP contribution in [0.3, 0.4) is 0 Å². The van der Waals surface area contributed by atoms with Gasteiger partial charge in [0.2, 0.25) is 5.91 Å². The first-order valence-electron chi connectivity index (χ1n) is 8.11. The molecule has 1 amide bonds. The van der Waals surface area contributed by atoms with Gasteiger partial charge in [-0.3, -0.25) is 4.79 Å². The summed E-state index contributed by atoms with van der Waals surface area (Å²) in [5.41, 5.74) is 2.11. The lowest BCUT2D eigenvalue weighted by molar-refractivity contribution is -0.119. The summed E-state index contributed by atoms with van der Waals surface area (Å²) in [6.07, 6.45) is 2.78. The van der Waals surface area contributed by atoms with Crippen LogP contribution in [0.4, 0.5) is 14.5 Å². The van der Waals surface area contributed by atoms with E-state index in [0.29, 0.717) is 36.3 Å². The van der Waals surface area contributed by atoms with E-state index in [9.17, 15) is 13.6 Å². The van der Waals surface area contributed by atoms with Crippen molar-refractivity contribution in [3.05, 3.63) is 53.4 Å². The second kappa shape index (κ2) is 5.91. The van der Waals surface area contributed by atoms with Crippen molar-refractivity contribution in [2.24, 2.45) is 0 Å². The largest absolute Gasteiger partial charge is 0.310 e. The lowest BCUT2D eigenvalue weighted by Crippen LogP contribution is -2.38. The Labute approximate surface area is 142 Å². The van der Waals surface area contributed by atoms with E-state index < -0.39 is 11.6 Å². The van der Waals surface area contributed by atoms with Crippen LogP contribution < -0.4 is 4.90 Å². The summed E-state index contributed by atoms with van der Waals surface area (Å²) >= 11 is 0. The van der Waals surface area contributed by atoms with Crippen LogP contribution in [0.25, 0.3) is 11.0 Å². The molecule has 3 aromatic rings. The van der Waals surface area contributed by atoms with Gasteiger partial charge in [-0.2, -0.15) is 5.10 Å². The highest BCUT2D eigenvalue weighted by molar-refractivity contribution is 5.95. The maximum atomic E-state index is 14.0. The van der Waals surface area contributed by atoms with Crippen LogP contribution in [0.2, 0.25) is 0 Å². The Morgan fingerprint density at radius 2 is 2.16 bits per heavy atom. The van der Waals surface area contributed by atoms with Crippen molar-refractivity contribution in [2.45, 2.75) is 26.3 Å². The number of carbonyl (C=O) groups excluding carboxylic acids is 1. The van der Waals surface area contributed by atoms with Crippen LogP contribution in [0.15, 0.2) is 30.5 Å². The number of benzene rings is 1. The zero-order valence-electron chi connectivity index (χ0n) is 13.7. The molecule has 1 aliphatic heterocycles. The number of fused-ring (bicyclic) bond motifs is 2. The Morgan fingerprint density at radius 1 is 1.32 bits per heavy atom. The summed E-state index contributed by atoms with van der Waals surface area (Å²) in [7, 11) is 0. The molecule has 0 radical (unpaired) electrons. The molecule has 0 bridgehead atoms. The number of pyridine rings is 1. The average Bonchev–Trinajstić information content (AvgIpc) is 2.90.